The Balaban J connectivity index is 1.73. The molecule has 1 saturated carbocycles. The fourth-order valence-electron chi connectivity index (χ4n) is 4.60. The summed E-state index contributed by atoms with van der Waals surface area (Å²) in [4.78, 5) is 29.0. The molecule has 0 bridgehead atoms. The number of anilines is 1. The Kier molecular flexibility index (Phi) is 6.84. The summed E-state index contributed by atoms with van der Waals surface area (Å²) >= 11 is 3.20. The van der Waals surface area contributed by atoms with Gasteiger partial charge in [-0.05, 0) is 67.6 Å². The number of carbonyl (C=O) groups excluding carboxylic acids is 1. The molecule has 30 heavy (non-hydrogen) atoms. The van der Waals surface area contributed by atoms with Crippen molar-refractivity contribution in [2.75, 3.05) is 16.4 Å². The monoisotopic (exact) mass is 443 g/mol. The molecule has 2 fully saturated rings. The third-order valence-electron chi connectivity index (χ3n) is 6.38. The minimum atomic E-state index is -0.947. The van der Waals surface area contributed by atoms with Crippen molar-refractivity contribution >= 4 is 40.7 Å². The van der Waals surface area contributed by atoms with E-state index in [9.17, 15) is 14.7 Å². The van der Waals surface area contributed by atoms with Gasteiger partial charge in [-0.1, -0.05) is 37.3 Å². The molecule has 4 rings (SSSR count). The second-order valence-electron chi connectivity index (χ2n) is 8.50. The van der Waals surface area contributed by atoms with Crippen LogP contribution in [0.1, 0.15) is 55.1 Å². The molecule has 1 aliphatic carbocycles. The van der Waals surface area contributed by atoms with E-state index in [0.29, 0.717) is 11.6 Å². The summed E-state index contributed by atoms with van der Waals surface area (Å²) in [5, 5.41) is 9.97. The average molecular weight is 444 g/mol. The second kappa shape index (κ2) is 9.56. The lowest BCUT2D eigenvalue weighted by atomic mass is 9.82. The molecule has 0 atom stereocenters. The normalized spacial score (nSPS) is 22.6. The number of thioether (sulfide) groups is 1. The van der Waals surface area contributed by atoms with Gasteiger partial charge in [0.25, 0.3) is 0 Å². The van der Waals surface area contributed by atoms with Gasteiger partial charge in [0.2, 0.25) is 5.91 Å². The molecule has 1 amide bonds. The van der Waals surface area contributed by atoms with Crippen molar-refractivity contribution in [3.8, 4) is 10.4 Å². The third-order valence-corrected chi connectivity index (χ3v) is 8.59. The van der Waals surface area contributed by atoms with Gasteiger partial charge in [0.1, 0.15) is 4.88 Å². The largest absolute Gasteiger partial charge is 0.477 e. The maximum absolute atomic E-state index is 13.8. The van der Waals surface area contributed by atoms with Crippen LogP contribution in [0, 0.1) is 11.8 Å². The van der Waals surface area contributed by atoms with Crippen LogP contribution in [-0.2, 0) is 4.79 Å². The van der Waals surface area contributed by atoms with Crippen LogP contribution in [0.15, 0.2) is 36.4 Å². The lowest BCUT2D eigenvalue weighted by molar-refractivity contribution is -0.124. The van der Waals surface area contributed by atoms with Crippen molar-refractivity contribution < 1.29 is 14.7 Å². The number of nitrogens with zero attached hydrogens (tertiary/aromatic N) is 1. The first-order valence-corrected chi connectivity index (χ1v) is 12.8. The van der Waals surface area contributed by atoms with Gasteiger partial charge in [-0.15, -0.1) is 11.3 Å². The number of hydrogen-bond acceptors (Lipinski definition) is 4. The number of carbonyl (C=O) groups is 2. The number of hydrogen-bond donors (Lipinski definition) is 1. The van der Waals surface area contributed by atoms with E-state index in [1.807, 2.05) is 53.1 Å². The number of aromatic carboxylic acids is 1. The fraction of sp³-hybridized carbons (Fsp3) is 0.500. The summed E-state index contributed by atoms with van der Waals surface area (Å²) < 4.78 is 0. The third kappa shape index (κ3) is 4.59. The SMILES string of the molecule is CC1CCC(C(=O)N(c2cc(-c3ccccc3)sc2C(=O)O)C2CCSCC2)CC1. The van der Waals surface area contributed by atoms with Gasteiger partial charge in [-0.3, -0.25) is 4.79 Å². The standard InChI is InChI=1S/C24H29NO3S2/c1-16-7-9-18(10-8-16)23(26)25(19-11-13-29-14-12-19)20-15-21(30-22(20)24(27)28)17-5-3-2-4-6-17/h2-6,15-16,18-19H,7-14H2,1H3,(H,27,28). The number of thiophene rings is 1. The van der Waals surface area contributed by atoms with Crippen LogP contribution < -0.4 is 4.90 Å². The lowest BCUT2D eigenvalue weighted by Gasteiger charge is -2.37. The summed E-state index contributed by atoms with van der Waals surface area (Å²) in [6.45, 7) is 2.25. The Morgan fingerprint density at radius 2 is 1.67 bits per heavy atom. The first-order chi connectivity index (χ1) is 14.5. The highest BCUT2D eigenvalue weighted by Gasteiger charge is 2.36. The van der Waals surface area contributed by atoms with E-state index in [1.165, 1.54) is 11.3 Å². The van der Waals surface area contributed by atoms with Gasteiger partial charge in [-0.25, -0.2) is 4.79 Å². The van der Waals surface area contributed by atoms with Crippen molar-refractivity contribution in [2.45, 2.75) is 51.5 Å². The second-order valence-corrected chi connectivity index (χ2v) is 10.8. The zero-order chi connectivity index (χ0) is 21.1. The molecular formula is C24H29NO3S2. The molecule has 1 saturated heterocycles. The first kappa shape index (κ1) is 21.4. The molecule has 2 heterocycles. The van der Waals surface area contributed by atoms with Crippen LogP contribution in [0.3, 0.4) is 0 Å². The van der Waals surface area contributed by atoms with Gasteiger partial charge in [0, 0.05) is 16.8 Å². The number of amides is 1. The number of benzene rings is 1. The van der Waals surface area contributed by atoms with Crippen LogP contribution in [0.2, 0.25) is 0 Å². The van der Waals surface area contributed by atoms with Crippen LogP contribution in [0.4, 0.5) is 5.69 Å². The van der Waals surface area contributed by atoms with Crippen molar-refractivity contribution in [3.63, 3.8) is 0 Å². The summed E-state index contributed by atoms with van der Waals surface area (Å²) in [6.07, 6.45) is 5.83. The fourth-order valence-corrected chi connectivity index (χ4v) is 6.68. The van der Waals surface area contributed by atoms with Crippen LogP contribution in [-0.4, -0.2) is 34.5 Å². The smallest absolute Gasteiger partial charge is 0.348 e. The Bertz CT molecular complexity index is 881. The highest BCUT2D eigenvalue weighted by molar-refractivity contribution is 7.99. The van der Waals surface area contributed by atoms with Crippen LogP contribution in [0.25, 0.3) is 10.4 Å². The zero-order valence-corrected chi connectivity index (χ0v) is 19.0. The van der Waals surface area contributed by atoms with Gasteiger partial charge in [0.15, 0.2) is 0 Å². The molecule has 0 unspecified atom stereocenters. The predicted octanol–water partition coefficient (Wildman–Crippen LogP) is 6.17. The molecule has 6 heteroatoms. The minimum Gasteiger partial charge on any atom is -0.477 e. The Hall–Kier alpha value is -1.79. The predicted molar refractivity (Wildman–Crippen MR) is 126 cm³/mol. The minimum absolute atomic E-state index is 0.0116. The van der Waals surface area contributed by atoms with E-state index in [0.717, 1.165) is 60.5 Å². The van der Waals surface area contributed by atoms with E-state index in [4.69, 9.17) is 0 Å². The first-order valence-electron chi connectivity index (χ1n) is 10.9. The maximum atomic E-state index is 13.8. The molecule has 0 radical (unpaired) electrons. The van der Waals surface area contributed by atoms with Crippen molar-refractivity contribution in [3.05, 3.63) is 41.3 Å². The molecule has 1 aromatic heterocycles. The van der Waals surface area contributed by atoms with Gasteiger partial charge in [-0.2, -0.15) is 11.8 Å². The molecule has 1 aliphatic heterocycles. The van der Waals surface area contributed by atoms with Crippen LogP contribution >= 0.6 is 23.1 Å². The van der Waals surface area contributed by atoms with Crippen molar-refractivity contribution in [1.82, 2.24) is 0 Å². The van der Waals surface area contributed by atoms with E-state index in [1.54, 1.807) is 0 Å². The van der Waals surface area contributed by atoms with Gasteiger partial charge >= 0.3 is 5.97 Å². The molecule has 0 spiro atoms. The molecule has 1 N–H and O–H groups in total. The Labute approximate surface area is 186 Å². The van der Waals surface area contributed by atoms with E-state index in [2.05, 4.69) is 6.92 Å². The summed E-state index contributed by atoms with van der Waals surface area (Å²) in [7, 11) is 0. The Morgan fingerprint density at radius 3 is 2.30 bits per heavy atom. The zero-order valence-electron chi connectivity index (χ0n) is 17.4. The maximum Gasteiger partial charge on any atom is 0.348 e. The molecular weight excluding hydrogens is 414 g/mol. The highest BCUT2D eigenvalue weighted by Crippen LogP contribution is 2.41. The Morgan fingerprint density at radius 1 is 1.00 bits per heavy atom. The molecule has 1 aromatic carbocycles. The van der Waals surface area contributed by atoms with Gasteiger partial charge < -0.3 is 10.0 Å². The molecule has 4 nitrogen and oxygen atoms in total. The summed E-state index contributed by atoms with van der Waals surface area (Å²) in [5.74, 6) is 1.92. The highest BCUT2D eigenvalue weighted by atomic mass is 32.2. The molecule has 160 valence electrons. The van der Waals surface area contributed by atoms with E-state index in [-0.39, 0.29) is 22.7 Å². The number of carboxylic acid groups (broad SMARTS) is 1. The lowest BCUT2D eigenvalue weighted by Crippen LogP contribution is -2.46. The van der Waals surface area contributed by atoms with E-state index < -0.39 is 5.97 Å². The molecule has 2 aliphatic rings. The quantitative estimate of drug-likeness (QED) is 0.600. The summed E-state index contributed by atoms with van der Waals surface area (Å²) in [5.41, 5.74) is 1.60. The number of carboxylic acids is 1. The topological polar surface area (TPSA) is 57.6 Å². The van der Waals surface area contributed by atoms with Crippen molar-refractivity contribution in [1.29, 1.82) is 0 Å². The molecule has 2 aromatic rings. The number of rotatable bonds is 5. The van der Waals surface area contributed by atoms with Gasteiger partial charge in [0.05, 0.1) is 5.69 Å². The average Bonchev–Trinajstić information content (AvgIpc) is 3.21. The van der Waals surface area contributed by atoms with E-state index >= 15 is 0 Å². The van der Waals surface area contributed by atoms with Crippen molar-refractivity contribution in [2.24, 2.45) is 11.8 Å². The van der Waals surface area contributed by atoms with Crippen LogP contribution in [0.5, 0.6) is 0 Å². The summed E-state index contributed by atoms with van der Waals surface area (Å²) in [6, 6.07) is 11.9.